The van der Waals surface area contributed by atoms with Gasteiger partial charge in [-0.3, -0.25) is 9.13 Å². The second-order valence-electron chi connectivity index (χ2n) is 21.1. The van der Waals surface area contributed by atoms with E-state index in [0.29, 0.717) is 17.5 Å². The van der Waals surface area contributed by atoms with Crippen LogP contribution in [-0.2, 0) is 0 Å². The Bertz CT molecular complexity index is 5270. The van der Waals surface area contributed by atoms with E-state index in [1.165, 1.54) is 0 Å². The predicted octanol–water partition coefficient (Wildman–Crippen LogP) is 18.1. The molecule has 0 radical (unpaired) electrons. The molecule has 390 valence electrons. The Morgan fingerprint density at radius 3 is 1.47 bits per heavy atom. The maximum atomic E-state index is 6.79. The van der Waals surface area contributed by atoms with Gasteiger partial charge >= 0.3 is 0 Å². The minimum absolute atomic E-state index is 0.580. The zero-order valence-corrected chi connectivity index (χ0v) is 45.0. The average Bonchev–Trinajstić information content (AvgIpc) is 2.60. The molecule has 0 bridgehead atoms. The van der Waals surface area contributed by atoms with Crippen molar-refractivity contribution in [3.8, 4) is 39.8 Å². The molecule has 8 heteroatoms. The molecule has 0 aliphatic rings. The van der Waals surface area contributed by atoms with Crippen molar-refractivity contribution < 1.29 is 0 Å². The molecule has 0 saturated heterocycles. The van der Waals surface area contributed by atoms with Crippen LogP contribution in [0.5, 0.6) is 0 Å². The number of benzene rings is 11. The third-order valence-corrected chi connectivity index (χ3v) is 16.3. The summed E-state index contributed by atoms with van der Waals surface area (Å²) in [4.78, 5) is 16.2. The Morgan fingerprint density at radius 1 is 0.373 bits per heavy atom. The Morgan fingerprint density at radius 2 is 0.843 bits per heavy atom. The van der Waals surface area contributed by atoms with Crippen molar-refractivity contribution in [1.29, 1.82) is 0 Å². The van der Waals surface area contributed by atoms with Crippen LogP contribution in [0, 0.1) is 0 Å². The first-order valence-electron chi connectivity index (χ1n) is 27.9. The Balaban J connectivity index is 0.892. The summed E-state index contributed by atoms with van der Waals surface area (Å²) >= 11 is 0. The predicted molar refractivity (Wildman–Crippen MR) is 346 cm³/mol. The number of hydrogen-bond donors (Lipinski definition) is 1. The van der Waals surface area contributed by atoms with E-state index >= 15 is 0 Å². The summed E-state index contributed by atoms with van der Waals surface area (Å²) in [6, 6.07) is 96.0. The number of allylic oxidation sites excluding steroid dienone is 1. The van der Waals surface area contributed by atoms with Crippen molar-refractivity contribution in [1.82, 2.24) is 28.2 Å². The molecule has 0 spiro atoms. The first kappa shape index (κ1) is 47.6. The molecule has 16 aromatic rings. The largest absolute Gasteiger partial charge is 0.398 e. The first-order chi connectivity index (χ1) is 41.0. The van der Waals surface area contributed by atoms with Crippen LogP contribution in [-0.4, -0.2) is 33.9 Å². The van der Waals surface area contributed by atoms with Crippen LogP contribution in [0.4, 0.5) is 0 Å². The number of para-hydroxylation sites is 4. The van der Waals surface area contributed by atoms with Crippen molar-refractivity contribution >= 4 is 104 Å². The van der Waals surface area contributed by atoms with E-state index in [1.807, 2.05) is 66.7 Å². The van der Waals surface area contributed by atoms with E-state index in [9.17, 15) is 0 Å². The summed E-state index contributed by atoms with van der Waals surface area (Å²) in [6.07, 6.45) is 1.95. The fourth-order valence-corrected chi connectivity index (χ4v) is 12.6. The average molecular weight is 1060 g/mol. The molecule has 5 heterocycles. The Hall–Kier alpha value is -11.4. The smallest absolute Gasteiger partial charge is 0.235 e. The molecule has 0 fully saturated rings. The molecule has 11 aromatic carbocycles. The fourth-order valence-electron chi connectivity index (χ4n) is 12.6. The van der Waals surface area contributed by atoms with E-state index in [4.69, 9.17) is 20.7 Å². The van der Waals surface area contributed by atoms with Crippen molar-refractivity contribution in [2.75, 3.05) is 0 Å². The maximum Gasteiger partial charge on any atom is 0.235 e. The lowest BCUT2D eigenvalue weighted by molar-refractivity contribution is 0.998. The number of aromatic nitrogens is 6. The summed E-state index contributed by atoms with van der Waals surface area (Å²) in [5.74, 6) is 1.19. The molecule has 0 unspecified atom stereocenters. The minimum Gasteiger partial charge on any atom is -0.398 e. The van der Waals surface area contributed by atoms with Crippen LogP contribution in [0.15, 0.2) is 291 Å². The van der Waals surface area contributed by atoms with Crippen LogP contribution >= 0.6 is 0 Å². The molecular formula is C75H50N8. The molecule has 0 aliphatic carbocycles. The SMILES string of the molecule is C=C(/N=C(\C=C(/N)c1ccccc1)c1ccccc1)n1c2ccccc2c2cc3c(cc21)c1ccccc1n3-c1cccc(-n2c3ccccc3c3c2ccc2c4ccccc4n(-c4nc(-c5ccccc5)cc(-c5ccccc5)n4)c23)c1. The lowest BCUT2D eigenvalue weighted by atomic mass is 10.1. The molecule has 83 heavy (non-hydrogen) atoms. The van der Waals surface area contributed by atoms with Gasteiger partial charge in [0.15, 0.2) is 0 Å². The molecule has 0 aliphatic heterocycles. The van der Waals surface area contributed by atoms with Crippen LogP contribution in [0.1, 0.15) is 11.1 Å². The molecule has 0 amide bonds. The van der Waals surface area contributed by atoms with Crippen molar-refractivity contribution in [3.63, 3.8) is 0 Å². The number of rotatable bonds is 10. The lowest BCUT2D eigenvalue weighted by Crippen LogP contribution is -2.05. The minimum atomic E-state index is 0.580. The fraction of sp³-hybridized carbons (Fsp3) is 0. The standard InChI is InChI=1S/C75H50N8/c1-48(77-63(50-25-8-3-9-26-50)46-62(76)49-23-6-2-7-24-49)80-66-37-18-15-34-56(66)60-45-72-61(44-71(60)80)57-35-16-19-38-67(57)82(72)54-32-22-31-53(43-54)81-69-40-21-17-36-59(69)73-70(81)42-41-58-55-33-14-20-39-68(55)83(74(58)73)75-78-64(51-27-10-4-11-28-51)47-65(79-75)52-29-12-5-13-30-52/h2-47H,1,76H2/b62-46-,77-63+. The van der Waals surface area contributed by atoms with Gasteiger partial charge in [-0.15, -0.1) is 0 Å². The molecule has 0 atom stereocenters. The number of aliphatic imine (C=N–C) groups is 1. The molecule has 2 N–H and O–H groups in total. The highest BCUT2D eigenvalue weighted by Gasteiger charge is 2.25. The zero-order chi connectivity index (χ0) is 55.1. The number of hydrogen-bond acceptors (Lipinski definition) is 4. The summed E-state index contributed by atoms with van der Waals surface area (Å²) in [6.45, 7) is 4.68. The quantitative estimate of drug-likeness (QED) is 0.139. The van der Waals surface area contributed by atoms with E-state index in [-0.39, 0.29) is 0 Å². The summed E-state index contributed by atoms with van der Waals surface area (Å²) in [5.41, 5.74) is 24.3. The number of nitrogens with zero attached hydrogens (tertiary/aromatic N) is 7. The lowest BCUT2D eigenvalue weighted by Gasteiger charge is -2.13. The molecular weight excluding hydrogens is 1010 g/mol. The van der Waals surface area contributed by atoms with Crippen LogP contribution in [0.25, 0.3) is 139 Å². The normalized spacial score (nSPS) is 12.3. The molecule has 8 nitrogen and oxygen atoms in total. The topological polar surface area (TPSA) is 83.9 Å². The van der Waals surface area contributed by atoms with Gasteiger partial charge in [0.2, 0.25) is 5.95 Å². The van der Waals surface area contributed by atoms with Crippen molar-refractivity contribution in [3.05, 3.63) is 297 Å². The molecule has 16 rings (SSSR count). The van der Waals surface area contributed by atoms with Crippen LogP contribution in [0.2, 0.25) is 0 Å². The summed E-state index contributed by atoms with van der Waals surface area (Å²) in [7, 11) is 0. The third-order valence-electron chi connectivity index (χ3n) is 16.3. The van der Waals surface area contributed by atoms with E-state index in [1.54, 1.807) is 0 Å². The van der Waals surface area contributed by atoms with Crippen LogP contribution < -0.4 is 5.73 Å². The Labute approximate surface area is 477 Å². The molecule has 0 saturated carbocycles. The van der Waals surface area contributed by atoms with Crippen LogP contribution in [0.3, 0.4) is 0 Å². The first-order valence-corrected chi connectivity index (χ1v) is 27.9. The zero-order valence-electron chi connectivity index (χ0n) is 45.0. The van der Waals surface area contributed by atoms with Gasteiger partial charge < -0.3 is 14.9 Å². The third kappa shape index (κ3) is 7.72. The van der Waals surface area contributed by atoms with Gasteiger partial charge in [0.25, 0.3) is 0 Å². The van der Waals surface area contributed by atoms with E-state index in [2.05, 4.69) is 237 Å². The van der Waals surface area contributed by atoms with Gasteiger partial charge in [0.1, 0.15) is 5.82 Å². The van der Waals surface area contributed by atoms with Crippen molar-refractivity contribution in [2.45, 2.75) is 0 Å². The maximum absolute atomic E-state index is 6.79. The van der Waals surface area contributed by atoms with E-state index in [0.717, 1.165) is 138 Å². The highest BCUT2D eigenvalue weighted by molar-refractivity contribution is 6.26. The van der Waals surface area contributed by atoms with Gasteiger partial charge in [0, 0.05) is 76.9 Å². The number of fused-ring (bicyclic) bond motifs is 13. The molecule has 5 aromatic heterocycles. The summed E-state index contributed by atoms with van der Waals surface area (Å²) < 4.78 is 9.32. The van der Waals surface area contributed by atoms with Gasteiger partial charge in [-0.25, -0.2) is 15.0 Å². The van der Waals surface area contributed by atoms with Gasteiger partial charge in [-0.1, -0.05) is 213 Å². The summed E-state index contributed by atoms with van der Waals surface area (Å²) in [5, 5.41) is 9.00. The second-order valence-corrected chi connectivity index (χ2v) is 21.1. The van der Waals surface area contributed by atoms with E-state index < -0.39 is 0 Å². The van der Waals surface area contributed by atoms with Gasteiger partial charge in [0.05, 0.1) is 61.2 Å². The van der Waals surface area contributed by atoms with Crippen molar-refractivity contribution in [2.24, 2.45) is 10.7 Å². The highest BCUT2D eigenvalue weighted by atomic mass is 15.2. The highest BCUT2D eigenvalue weighted by Crippen LogP contribution is 2.44. The Kier molecular flexibility index (Phi) is 11.0. The van der Waals surface area contributed by atoms with Gasteiger partial charge in [-0.2, -0.15) is 0 Å². The van der Waals surface area contributed by atoms with Gasteiger partial charge in [-0.05, 0) is 78.4 Å². The monoisotopic (exact) mass is 1060 g/mol. The second kappa shape index (κ2) is 19.2. The number of nitrogens with two attached hydrogens (primary N) is 1.